The second-order valence-corrected chi connectivity index (χ2v) is 25.8. The van der Waals surface area contributed by atoms with Gasteiger partial charge in [0.25, 0.3) is 0 Å². The summed E-state index contributed by atoms with van der Waals surface area (Å²) in [5.74, 6) is 0. The molecular weight excluding hydrogens is 979 g/mol. The molecule has 0 amide bonds. The minimum absolute atomic E-state index is 0.568. The fourth-order valence-electron chi connectivity index (χ4n) is 15.6. The maximum atomic E-state index is 2.68. The third kappa shape index (κ3) is 5.85. The Labute approximate surface area is 468 Å². The van der Waals surface area contributed by atoms with E-state index in [0.29, 0.717) is 0 Å². The lowest BCUT2D eigenvalue weighted by Gasteiger charge is -2.36. The van der Waals surface area contributed by atoms with Crippen molar-refractivity contribution in [1.82, 2.24) is 0 Å². The molecule has 0 radical (unpaired) electrons. The number of benzene rings is 13. The van der Waals surface area contributed by atoms with Gasteiger partial charge in [-0.1, -0.05) is 279 Å². The minimum Gasteiger partial charge on any atom is -0.310 e. The summed E-state index contributed by atoms with van der Waals surface area (Å²) in [4.78, 5) is 2.56. The van der Waals surface area contributed by atoms with Crippen LogP contribution in [-0.2, 0) is 10.8 Å². The Morgan fingerprint density at radius 2 is 0.662 bits per heavy atom. The summed E-state index contributed by atoms with van der Waals surface area (Å²) in [6.07, 6.45) is 0. The number of hydrogen-bond acceptors (Lipinski definition) is 1. The monoisotopic (exact) mass is 1030 g/mol. The molecular formula is C78H51NSi. The van der Waals surface area contributed by atoms with Crippen LogP contribution in [-0.4, -0.2) is 8.07 Å². The Balaban J connectivity index is 0.945. The second kappa shape index (κ2) is 17.1. The predicted molar refractivity (Wildman–Crippen MR) is 335 cm³/mol. The highest BCUT2D eigenvalue weighted by atomic mass is 28.3. The molecule has 2 aliphatic heterocycles. The molecule has 2 heterocycles. The van der Waals surface area contributed by atoms with Gasteiger partial charge in [-0.3, -0.25) is 0 Å². The molecule has 372 valence electrons. The van der Waals surface area contributed by atoms with E-state index in [1.807, 2.05) is 0 Å². The van der Waals surface area contributed by atoms with E-state index >= 15 is 0 Å². The van der Waals surface area contributed by atoms with Crippen molar-refractivity contribution in [3.8, 4) is 44.5 Å². The summed E-state index contributed by atoms with van der Waals surface area (Å²) in [6.45, 7) is 0. The van der Waals surface area contributed by atoms with E-state index in [1.165, 1.54) is 121 Å². The van der Waals surface area contributed by atoms with Gasteiger partial charge in [0.2, 0.25) is 0 Å². The first-order valence-corrected chi connectivity index (χ1v) is 30.1. The lowest BCUT2D eigenvalue weighted by atomic mass is 9.67. The lowest BCUT2D eigenvalue weighted by molar-refractivity contribution is 0.768. The molecule has 0 N–H and O–H groups in total. The van der Waals surface area contributed by atoms with Crippen molar-refractivity contribution in [1.29, 1.82) is 0 Å². The third-order valence-electron chi connectivity index (χ3n) is 18.6. The quantitative estimate of drug-likeness (QED) is 0.144. The van der Waals surface area contributed by atoms with Crippen LogP contribution in [0.2, 0.25) is 0 Å². The fraction of sp³-hybridized carbons (Fsp3) is 0.0256. The molecule has 0 aromatic heterocycles. The van der Waals surface area contributed by atoms with Gasteiger partial charge in [0, 0.05) is 16.9 Å². The van der Waals surface area contributed by atoms with Crippen LogP contribution in [0.5, 0.6) is 0 Å². The van der Waals surface area contributed by atoms with E-state index in [1.54, 1.807) is 0 Å². The standard InChI is InChI=1S/C78H51NSi/c1-3-25-54(26-4-1)77(67-37-15-9-31-60(67)61-32-10-16-38-68(61)77)56-29-21-30-58(50-56)79(59-47-45-52-23-7-8-24-53(52)49-59)71-41-22-40-70-76(71)66-36-11-17-39-69(66)78(70,55-27-5-2-6-28-55)57-46-48-65-64-35-14-20-44-74(64)80(75(65)51-57)72-42-18-12-33-62(72)63-34-13-19-43-73(63)80/h1-51H. The van der Waals surface area contributed by atoms with Gasteiger partial charge in [-0.15, -0.1) is 0 Å². The van der Waals surface area contributed by atoms with Crippen LogP contribution >= 0.6 is 0 Å². The molecule has 0 saturated carbocycles. The maximum absolute atomic E-state index is 2.79. The molecule has 13 aromatic rings. The first kappa shape index (κ1) is 45.2. The van der Waals surface area contributed by atoms with Crippen molar-refractivity contribution >= 4 is 56.7 Å². The summed E-state index contributed by atoms with van der Waals surface area (Å²) in [5.41, 5.74) is 22.8. The SMILES string of the molecule is c1ccc(C2(c3cccc(N(c4ccc5ccccc5c4)c4cccc5c4-c4ccccc4C5(c4ccccc4)c4ccc5c(c4)[Si]4(c6ccccc6-c6ccccc64)c4ccccc4-5)c3)c3ccccc3-c3ccccc32)cc1. The number of nitrogens with zero attached hydrogens (tertiary/aromatic N) is 1. The Hall–Kier alpha value is -9.86. The van der Waals surface area contributed by atoms with E-state index in [0.717, 1.165) is 17.1 Å². The first-order valence-electron chi connectivity index (χ1n) is 28.1. The highest BCUT2D eigenvalue weighted by molar-refractivity contribution is 7.24. The van der Waals surface area contributed by atoms with Gasteiger partial charge in [0.05, 0.1) is 16.5 Å². The molecule has 80 heavy (non-hydrogen) atoms. The van der Waals surface area contributed by atoms with Crippen LogP contribution in [0.25, 0.3) is 55.3 Å². The molecule has 4 aliphatic rings. The highest BCUT2D eigenvalue weighted by Crippen LogP contribution is 2.61. The highest BCUT2D eigenvalue weighted by Gasteiger charge is 2.56. The molecule has 0 fully saturated rings. The van der Waals surface area contributed by atoms with Gasteiger partial charge >= 0.3 is 0 Å². The molecule has 13 aromatic carbocycles. The van der Waals surface area contributed by atoms with Crippen molar-refractivity contribution in [2.45, 2.75) is 10.8 Å². The molecule has 1 spiro atoms. The summed E-state index contributed by atoms with van der Waals surface area (Å²) < 4.78 is 0. The largest absolute Gasteiger partial charge is 0.310 e. The Bertz CT molecular complexity index is 4580. The Kier molecular flexibility index (Phi) is 9.64. The van der Waals surface area contributed by atoms with E-state index < -0.39 is 18.9 Å². The van der Waals surface area contributed by atoms with Gasteiger partial charge in [0.15, 0.2) is 8.07 Å². The zero-order valence-corrected chi connectivity index (χ0v) is 44.9. The number of rotatable bonds is 7. The molecule has 17 rings (SSSR count). The molecule has 1 atom stereocenters. The van der Waals surface area contributed by atoms with E-state index in [4.69, 9.17) is 0 Å². The fourth-order valence-corrected chi connectivity index (χ4v) is 21.3. The number of hydrogen-bond donors (Lipinski definition) is 0. The van der Waals surface area contributed by atoms with Gasteiger partial charge in [-0.25, -0.2) is 0 Å². The second-order valence-electron chi connectivity index (χ2n) is 22.1. The summed E-state index contributed by atoms with van der Waals surface area (Å²) in [5, 5.41) is 8.35. The van der Waals surface area contributed by atoms with Gasteiger partial charge in [0.1, 0.15) is 0 Å². The smallest absolute Gasteiger partial charge is 0.182 e. The zero-order valence-electron chi connectivity index (χ0n) is 43.9. The minimum atomic E-state index is -2.79. The van der Waals surface area contributed by atoms with Crippen molar-refractivity contribution < 1.29 is 0 Å². The van der Waals surface area contributed by atoms with Crippen LogP contribution in [0.4, 0.5) is 17.1 Å². The van der Waals surface area contributed by atoms with E-state index in [9.17, 15) is 0 Å². The van der Waals surface area contributed by atoms with Crippen molar-refractivity contribution in [2.75, 3.05) is 4.90 Å². The topological polar surface area (TPSA) is 3.24 Å². The number of fused-ring (bicyclic) bond motifs is 17. The average Bonchev–Trinajstić information content (AvgIpc) is 4.33. The normalized spacial score (nSPS) is 15.8. The Morgan fingerprint density at radius 1 is 0.237 bits per heavy atom. The molecule has 0 bridgehead atoms. The van der Waals surface area contributed by atoms with Crippen LogP contribution in [0.3, 0.4) is 0 Å². The predicted octanol–water partition coefficient (Wildman–Crippen LogP) is 16.4. The van der Waals surface area contributed by atoms with Gasteiger partial charge < -0.3 is 4.90 Å². The van der Waals surface area contributed by atoms with Crippen molar-refractivity contribution in [3.05, 3.63) is 354 Å². The van der Waals surface area contributed by atoms with E-state index in [2.05, 4.69) is 314 Å². The van der Waals surface area contributed by atoms with Crippen LogP contribution in [0.1, 0.15) is 44.5 Å². The van der Waals surface area contributed by atoms with Gasteiger partial charge in [-0.2, -0.15) is 0 Å². The molecule has 2 heteroatoms. The number of anilines is 3. The molecule has 0 saturated heterocycles. The summed E-state index contributed by atoms with van der Waals surface area (Å²) in [6, 6.07) is 118. The zero-order chi connectivity index (χ0) is 52.6. The summed E-state index contributed by atoms with van der Waals surface area (Å²) in [7, 11) is -2.79. The Morgan fingerprint density at radius 3 is 1.27 bits per heavy atom. The van der Waals surface area contributed by atoms with Crippen LogP contribution < -0.4 is 25.6 Å². The maximum Gasteiger partial charge on any atom is 0.182 e. The van der Waals surface area contributed by atoms with Crippen LogP contribution in [0, 0.1) is 0 Å². The van der Waals surface area contributed by atoms with Crippen LogP contribution in [0.15, 0.2) is 309 Å². The van der Waals surface area contributed by atoms with E-state index in [-0.39, 0.29) is 0 Å². The molecule has 1 unspecified atom stereocenters. The molecule has 2 aliphatic carbocycles. The lowest BCUT2D eigenvalue weighted by Crippen LogP contribution is -2.70. The van der Waals surface area contributed by atoms with Crippen molar-refractivity contribution in [2.24, 2.45) is 0 Å². The third-order valence-corrected chi connectivity index (χ3v) is 23.6. The average molecular weight is 1030 g/mol. The van der Waals surface area contributed by atoms with Gasteiger partial charge in [-0.05, 0) is 145 Å². The van der Waals surface area contributed by atoms with Crippen molar-refractivity contribution in [3.63, 3.8) is 0 Å². The first-order chi connectivity index (χ1) is 39.7. The molecule has 1 nitrogen and oxygen atoms in total. The summed E-state index contributed by atoms with van der Waals surface area (Å²) >= 11 is 0.